The van der Waals surface area contributed by atoms with Crippen LogP contribution in [0, 0.1) is 0 Å². The number of carbonyl (C=O) groups is 3. The molecule has 0 atom stereocenters. The average molecular weight is 669 g/mol. The molecular weight excluding hydrogens is 628 g/mol. The van der Waals surface area contributed by atoms with Gasteiger partial charge in [-0.15, -0.1) is 11.3 Å². The molecule has 1 N–H and O–H groups in total. The highest BCUT2D eigenvalue weighted by molar-refractivity contribution is 7.12. The zero-order chi connectivity index (χ0) is 33.6. The molecule has 0 bridgehead atoms. The molecule has 5 rings (SSSR count). The quantitative estimate of drug-likeness (QED) is 0.279. The number of nitrogens with one attached hydrogen (secondary N) is 1. The molecule has 4 heterocycles. The monoisotopic (exact) mass is 668 g/mol. The van der Waals surface area contributed by atoms with Crippen molar-refractivity contribution in [3.05, 3.63) is 52.1 Å². The lowest BCUT2D eigenvalue weighted by atomic mass is 10.1. The van der Waals surface area contributed by atoms with Crippen LogP contribution in [0.5, 0.6) is 11.5 Å². The molecular formula is C32H40N6O8S. The van der Waals surface area contributed by atoms with Crippen molar-refractivity contribution in [2.45, 2.75) is 32.9 Å². The second-order valence-electron chi connectivity index (χ2n) is 11.8. The van der Waals surface area contributed by atoms with E-state index < -0.39 is 11.5 Å². The lowest BCUT2D eigenvalue weighted by Crippen LogP contribution is -2.50. The van der Waals surface area contributed by atoms with Crippen LogP contribution in [-0.2, 0) is 20.8 Å². The number of nitrogens with zero attached hydrogens (tertiary/aromatic N) is 5. The van der Waals surface area contributed by atoms with Crippen LogP contribution < -0.4 is 24.6 Å². The molecule has 2 aromatic heterocycles. The fourth-order valence-corrected chi connectivity index (χ4v) is 5.79. The van der Waals surface area contributed by atoms with Gasteiger partial charge in [-0.2, -0.15) is 0 Å². The number of pyridine rings is 1. The maximum atomic E-state index is 13.5. The first-order valence-corrected chi connectivity index (χ1v) is 16.1. The minimum atomic E-state index is -0.566. The fourth-order valence-electron chi connectivity index (χ4n) is 5.08. The third-order valence-electron chi connectivity index (χ3n) is 7.34. The van der Waals surface area contributed by atoms with Gasteiger partial charge in [-0.1, -0.05) is 0 Å². The standard InChI is InChI=1S/C32H40N6O8S/c1-32(2,3)46-31(41)37-10-8-36(9-11-37)24-6-7-33-18-23(24)34-28(39)29-35-27(20-47-29)38-19-21-16-25(44-14-12-42-4)26(45-15-13-43-5)17-22(21)30(38)40/h6-7,16-18,20H,8-15,19H2,1-5H3,(H,34,39). The van der Waals surface area contributed by atoms with E-state index in [9.17, 15) is 14.4 Å². The van der Waals surface area contributed by atoms with Crippen molar-refractivity contribution in [3.8, 4) is 11.5 Å². The van der Waals surface area contributed by atoms with Crippen LogP contribution in [0.15, 0.2) is 36.0 Å². The van der Waals surface area contributed by atoms with Gasteiger partial charge in [-0.25, -0.2) is 9.78 Å². The van der Waals surface area contributed by atoms with Gasteiger partial charge in [0.15, 0.2) is 16.5 Å². The van der Waals surface area contributed by atoms with Crippen molar-refractivity contribution < 1.29 is 38.1 Å². The Kier molecular flexibility index (Phi) is 10.8. The molecule has 252 valence electrons. The van der Waals surface area contributed by atoms with E-state index in [-0.39, 0.29) is 23.6 Å². The fraction of sp³-hybridized carbons (Fsp3) is 0.469. The molecule has 1 saturated heterocycles. The van der Waals surface area contributed by atoms with Gasteiger partial charge in [0.05, 0.1) is 37.3 Å². The van der Waals surface area contributed by atoms with Crippen LogP contribution in [-0.4, -0.2) is 105 Å². The Bertz CT molecular complexity index is 1580. The van der Waals surface area contributed by atoms with E-state index in [0.29, 0.717) is 81.2 Å². The minimum Gasteiger partial charge on any atom is -0.487 e. The molecule has 1 fully saturated rings. The van der Waals surface area contributed by atoms with Gasteiger partial charge in [0, 0.05) is 57.5 Å². The molecule has 2 aliphatic heterocycles. The van der Waals surface area contributed by atoms with E-state index in [0.717, 1.165) is 22.6 Å². The number of amides is 3. The first-order valence-electron chi connectivity index (χ1n) is 15.2. The summed E-state index contributed by atoms with van der Waals surface area (Å²) < 4.78 is 27.4. The number of carbonyl (C=O) groups excluding carboxylic acids is 3. The number of methoxy groups -OCH3 is 2. The van der Waals surface area contributed by atoms with Gasteiger partial charge >= 0.3 is 6.09 Å². The number of hydrogen-bond donors (Lipinski definition) is 1. The number of fused-ring (bicyclic) bond motifs is 1. The smallest absolute Gasteiger partial charge is 0.410 e. The summed E-state index contributed by atoms with van der Waals surface area (Å²) in [5, 5.41) is 4.81. The number of rotatable bonds is 12. The molecule has 3 amide bonds. The van der Waals surface area contributed by atoms with Crippen molar-refractivity contribution in [2.75, 3.05) is 81.9 Å². The van der Waals surface area contributed by atoms with Crippen molar-refractivity contribution >= 4 is 46.4 Å². The Morgan fingerprint density at radius 3 is 2.32 bits per heavy atom. The molecule has 0 saturated carbocycles. The lowest BCUT2D eigenvalue weighted by Gasteiger charge is -2.37. The van der Waals surface area contributed by atoms with Crippen LogP contribution in [0.2, 0.25) is 0 Å². The molecule has 0 unspecified atom stereocenters. The normalized spacial score (nSPS) is 14.7. The summed E-state index contributed by atoms with van der Waals surface area (Å²) in [6.07, 6.45) is 2.90. The number of anilines is 3. The number of aromatic nitrogens is 2. The highest BCUT2D eigenvalue weighted by Crippen LogP contribution is 2.37. The maximum Gasteiger partial charge on any atom is 0.410 e. The van der Waals surface area contributed by atoms with Gasteiger partial charge in [0.2, 0.25) is 0 Å². The summed E-state index contributed by atoms with van der Waals surface area (Å²) in [4.78, 5) is 53.3. The first-order chi connectivity index (χ1) is 22.6. The second kappa shape index (κ2) is 15.0. The van der Waals surface area contributed by atoms with Crippen molar-refractivity contribution in [3.63, 3.8) is 0 Å². The van der Waals surface area contributed by atoms with E-state index >= 15 is 0 Å². The Balaban J connectivity index is 1.25. The van der Waals surface area contributed by atoms with Crippen LogP contribution in [0.25, 0.3) is 0 Å². The van der Waals surface area contributed by atoms with E-state index in [4.69, 9.17) is 23.7 Å². The number of ether oxygens (including phenoxy) is 5. The molecule has 0 spiro atoms. The molecule has 3 aromatic rings. The number of hydrogen-bond acceptors (Lipinski definition) is 12. The highest BCUT2D eigenvalue weighted by Gasteiger charge is 2.33. The predicted octanol–water partition coefficient (Wildman–Crippen LogP) is 4.06. The molecule has 47 heavy (non-hydrogen) atoms. The van der Waals surface area contributed by atoms with Crippen LogP contribution in [0.1, 0.15) is 46.5 Å². The maximum absolute atomic E-state index is 13.5. The van der Waals surface area contributed by atoms with E-state index in [1.807, 2.05) is 26.8 Å². The minimum absolute atomic E-state index is 0.195. The summed E-state index contributed by atoms with van der Waals surface area (Å²) in [6.45, 7) is 9.25. The molecule has 0 radical (unpaired) electrons. The number of benzene rings is 1. The number of thiazole rings is 1. The van der Waals surface area contributed by atoms with E-state index in [1.54, 1.807) is 49.0 Å². The Morgan fingerprint density at radius 2 is 1.66 bits per heavy atom. The largest absolute Gasteiger partial charge is 0.487 e. The third-order valence-corrected chi connectivity index (χ3v) is 8.17. The van der Waals surface area contributed by atoms with E-state index in [1.165, 1.54) is 4.90 Å². The van der Waals surface area contributed by atoms with Gasteiger partial charge in [0.1, 0.15) is 24.6 Å². The average Bonchev–Trinajstić information content (AvgIpc) is 3.66. The first kappa shape index (κ1) is 33.9. The zero-order valence-corrected chi connectivity index (χ0v) is 28.1. The van der Waals surface area contributed by atoms with Crippen LogP contribution in [0.4, 0.5) is 22.0 Å². The van der Waals surface area contributed by atoms with Crippen LogP contribution >= 0.6 is 11.3 Å². The molecule has 14 nitrogen and oxygen atoms in total. The summed E-state index contributed by atoms with van der Waals surface area (Å²) in [7, 11) is 3.17. The Hall–Kier alpha value is -4.47. The number of piperazine rings is 1. The predicted molar refractivity (Wildman–Crippen MR) is 176 cm³/mol. The second-order valence-corrected chi connectivity index (χ2v) is 12.7. The van der Waals surface area contributed by atoms with Gasteiger partial charge in [0.25, 0.3) is 11.8 Å². The van der Waals surface area contributed by atoms with Crippen LogP contribution in [0.3, 0.4) is 0 Å². The Morgan fingerprint density at radius 1 is 0.979 bits per heavy atom. The summed E-state index contributed by atoms with van der Waals surface area (Å²) >= 11 is 1.14. The van der Waals surface area contributed by atoms with Gasteiger partial charge in [-0.3, -0.25) is 19.5 Å². The molecule has 15 heteroatoms. The molecule has 1 aromatic carbocycles. The summed E-state index contributed by atoms with van der Waals surface area (Å²) in [6, 6.07) is 5.29. The third kappa shape index (κ3) is 8.28. The van der Waals surface area contributed by atoms with Crippen molar-refractivity contribution in [1.29, 1.82) is 0 Å². The van der Waals surface area contributed by atoms with E-state index in [2.05, 4.69) is 20.2 Å². The summed E-state index contributed by atoms with van der Waals surface area (Å²) in [5.74, 6) is 0.634. The summed E-state index contributed by atoms with van der Waals surface area (Å²) in [5.41, 5.74) is 1.97. The zero-order valence-electron chi connectivity index (χ0n) is 27.2. The van der Waals surface area contributed by atoms with Crippen molar-refractivity contribution in [1.82, 2.24) is 14.9 Å². The molecule has 0 aliphatic carbocycles. The SMILES string of the molecule is COCCOc1cc2c(cc1OCCOC)C(=O)N(c1csc(C(=O)Nc3cnccc3N3CCN(C(=O)OC(C)(C)C)CC3)n1)C2. The highest BCUT2D eigenvalue weighted by atomic mass is 32.1. The van der Waals surface area contributed by atoms with Crippen molar-refractivity contribution in [2.24, 2.45) is 0 Å². The topological polar surface area (TPSA) is 145 Å². The van der Waals surface area contributed by atoms with Gasteiger partial charge < -0.3 is 38.8 Å². The lowest BCUT2D eigenvalue weighted by molar-refractivity contribution is 0.0240. The molecule has 2 aliphatic rings. The van der Waals surface area contributed by atoms with Gasteiger partial charge in [-0.05, 0) is 44.5 Å². The Labute approximate surface area is 277 Å².